The van der Waals surface area contributed by atoms with Crippen molar-refractivity contribution < 1.29 is 32.3 Å². The van der Waals surface area contributed by atoms with E-state index in [2.05, 4.69) is 0 Å². The molecule has 0 radical (unpaired) electrons. The monoisotopic (exact) mass is 509 g/mol. The molecule has 1 spiro atoms. The smallest absolute Gasteiger partial charge is 0.421 e. The van der Waals surface area contributed by atoms with Crippen LogP contribution in [0.5, 0.6) is 0 Å². The van der Waals surface area contributed by atoms with Crippen LogP contribution in [0.1, 0.15) is 39.7 Å². The maximum Gasteiger partial charge on any atom is 0.421 e. The summed E-state index contributed by atoms with van der Waals surface area (Å²) in [5.41, 5.74) is -3.32. The van der Waals surface area contributed by atoms with Crippen LogP contribution < -0.4 is 4.90 Å². The largest absolute Gasteiger partial charge is 0.466 e. The van der Waals surface area contributed by atoms with Crippen LogP contribution in [0.4, 0.5) is 10.5 Å². The van der Waals surface area contributed by atoms with Gasteiger partial charge in [0.1, 0.15) is 15.8 Å². The summed E-state index contributed by atoms with van der Waals surface area (Å²) in [5.74, 6) is -1.54. The van der Waals surface area contributed by atoms with Crippen molar-refractivity contribution in [2.24, 2.45) is 5.41 Å². The van der Waals surface area contributed by atoms with E-state index in [0.29, 0.717) is 5.56 Å². The van der Waals surface area contributed by atoms with E-state index in [-0.39, 0.29) is 22.6 Å². The van der Waals surface area contributed by atoms with Gasteiger partial charge >= 0.3 is 12.1 Å². The SMILES string of the molecule is COC(=O)C1=C[C@@]2(S(=O)(=O)c3ccccc3)C[C@@]2(C)[C@]12C(=O)N(C(=O)OC(C)(C)C)c1ccccc12. The average Bonchev–Trinajstić information content (AvgIpc) is 3.26. The predicted octanol–water partition coefficient (Wildman–Crippen LogP) is 3.94. The molecule has 3 atom stereocenters. The third-order valence-corrected chi connectivity index (χ3v) is 10.2. The molecule has 0 N–H and O–H groups in total. The van der Waals surface area contributed by atoms with E-state index >= 15 is 0 Å². The quantitative estimate of drug-likeness (QED) is 0.577. The van der Waals surface area contributed by atoms with Crippen LogP contribution in [0.15, 0.2) is 71.1 Å². The van der Waals surface area contributed by atoms with E-state index in [9.17, 15) is 22.8 Å². The van der Waals surface area contributed by atoms with Gasteiger partial charge < -0.3 is 9.47 Å². The summed E-state index contributed by atoms with van der Waals surface area (Å²) >= 11 is 0. The highest BCUT2D eigenvalue weighted by atomic mass is 32.2. The Morgan fingerprint density at radius 2 is 1.61 bits per heavy atom. The van der Waals surface area contributed by atoms with Crippen LogP contribution in [0, 0.1) is 5.41 Å². The molecule has 8 nitrogen and oxygen atoms in total. The summed E-state index contributed by atoms with van der Waals surface area (Å²) in [5, 5.41) is 0. The van der Waals surface area contributed by atoms with Crippen molar-refractivity contribution in [1.29, 1.82) is 0 Å². The van der Waals surface area contributed by atoms with Gasteiger partial charge in [-0.05, 0) is 51.0 Å². The molecule has 2 aliphatic carbocycles. The lowest BCUT2D eigenvalue weighted by Crippen LogP contribution is -2.51. The third-order valence-electron chi connectivity index (χ3n) is 7.62. The first kappa shape index (κ1) is 24.2. The first-order chi connectivity index (χ1) is 16.8. The van der Waals surface area contributed by atoms with Crippen LogP contribution in [0.2, 0.25) is 0 Å². The zero-order chi connectivity index (χ0) is 26.3. The summed E-state index contributed by atoms with van der Waals surface area (Å²) in [6.07, 6.45) is 0.586. The normalized spacial score (nSPS) is 28.4. The Kier molecular flexibility index (Phi) is 4.91. The fourth-order valence-corrected chi connectivity index (χ4v) is 8.48. The third kappa shape index (κ3) is 2.74. The van der Waals surface area contributed by atoms with Gasteiger partial charge in [-0.25, -0.2) is 22.9 Å². The van der Waals surface area contributed by atoms with Crippen molar-refractivity contribution in [3.05, 3.63) is 71.8 Å². The number of hydrogen-bond donors (Lipinski definition) is 0. The number of hydrogen-bond acceptors (Lipinski definition) is 7. The predicted molar refractivity (Wildman–Crippen MR) is 131 cm³/mol. The van der Waals surface area contributed by atoms with Crippen molar-refractivity contribution in [3.63, 3.8) is 0 Å². The highest BCUT2D eigenvalue weighted by molar-refractivity contribution is 7.93. The highest BCUT2D eigenvalue weighted by Crippen LogP contribution is 2.79. The maximum atomic E-state index is 14.4. The molecular formula is C27H27NO7S. The molecule has 1 aliphatic heterocycles. The van der Waals surface area contributed by atoms with Crippen molar-refractivity contribution in [3.8, 4) is 0 Å². The molecule has 1 heterocycles. The molecule has 2 aromatic carbocycles. The minimum atomic E-state index is -4.02. The number of sulfone groups is 1. The molecule has 3 aliphatic rings. The van der Waals surface area contributed by atoms with Gasteiger partial charge in [0.15, 0.2) is 9.84 Å². The number of rotatable bonds is 3. The number of methoxy groups -OCH3 is 1. The number of esters is 1. The Hall–Kier alpha value is -3.46. The number of anilines is 1. The molecule has 1 saturated carbocycles. The lowest BCUT2D eigenvalue weighted by Gasteiger charge is -2.34. The van der Waals surface area contributed by atoms with E-state index in [1.807, 2.05) is 0 Å². The number of carbonyl (C=O) groups excluding carboxylic acids is 3. The van der Waals surface area contributed by atoms with Gasteiger partial charge in [-0.3, -0.25) is 4.79 Å². The number of benzene rings is 2. The molecule has 2 aromatic rings. The molecule has 1 fully saturated rings. The number of fused-ring (bicyclic) bond motifs is 4. The minimum Gasteiger partial charge on any atom is -0.466 e. The Balaban J connectivity index is 1.76. The molecule has 0 unspecified atom stereocenters. The van der Waals surface area contributed by atoms with Gasteiger partial charge in [0.05, 0.1) is 23.3 Å². The topological polar surface area (TPSA) is 107 Å². The summed E-state index contributed by atoms with van der Waals surface area (Å²) in [6, 6.07) is 14.6. The Labute approximate surface area is 209 Å². The molecule has 5 rings (SSSR count). The van der Waals surface area contributed by atoms with Gasteiger partial charge in [-0.1, -0.05) is 49.4 Å². The van der Waals surface area contributed by atoms with Crippen molar-refractivity contribution in [2.45, 2.75) is 54.8 Å². The fourth-order valence-electron chi connectivity index (χ4n) is 6.04. The maximum absolute atomic E-state index is 14.4. The Morgan fingerprint density at radius 1 is 1.00 bits per heavy atom. The lowest BCUT2D eigenvalue weighted by atomic mass is 9.66. The number of amides is 2. The van der Waals surface area contributed by atoms with E-state index in [0.717, 1.165) is 4.90 Å². The Morgan fingerprint density at radius 3 is 2.22 bits per heavy atom. The molecule has 2 amide bonds. The standard InChI is InChI=1S/C27H27NO7S/c1-24(2,3)35-23(31)28-20-14-10-9-13-18(20)27(22(28)30)19(21(29)34-5)15-26(16-25(26,27)4)36(32,33)17-11-7-6-8-12-17/h6-15H,16H2,1-5H3/t25-,26-,27+/m1/s1. The van der Waals surface area contributed by atoms with E-state index in [1.54, 1.807) is 70.2 Å². The van der Waals surface area contributed by atoms with Crippen molar-refractivity contribution >= 4 is 33.5 Å². The molecule has 188 valence electrons. The van der Waals surface area contributed by atoms with E-state index in [4.69, 9.17) is 9.47 Å². The molecule has 0 aromatic heterocycles. The van der Waals surface area contributed by atoms with Gasteiger partial charge in [-0.2, -0.15) is 0 Å². The number of ether oxygens (including phenoxy) is 2. The van der Waals surface area contributed by atoms with E-state index < -0.39 is 49.0 Å². The summed E-state index contributed by atoms with van der Waals surface area (Å²) in [7, 11) is -2.85. The van der Waals surface area contributed by atoms with Gasteiger partial charge in [-0.15, -0.1) is 0 Å². The first-order valence-electron chi connectivity index (χ1n) is 11.6. The molecule has 0 saturated heterocycles. The van der Waals surface area contributed by atoms with Crippen LogP contribution in [0.25, 0.3) is 0 Å². The zero-order valence-corrected chi connectivity index (χ0v) is 21.5. The summed E-state index contributed by atoms with van der Waals surface area (Å²) in [4.78, 5) is 41.8. The molecule has 9 heteroatoms. The van der Waals surface area contributed by atoms with Gasteiger partial charge in [0.25, 0.3) is 5.91 Å². The second kappa shape index (κ2) is 7.29. The van der Waals surface area contributed by atoms with Gasteiger partial charge in [0.2, 0.25) is 0 Å². The number of para-hydroxylation sites is 1. The molecule has 36 heavy (non-hydrogen) atoms. The summed E-state index contributed by atoms with van der Waals surface area (Å²) < 4.78 is 37.1. The van der Waals surface area contributed by atoms with E-state index in [1.165, 1.54) is 25.3 Å². The minimum absolute atomic E-state index is 0.0817. The zero-order valence-electron chi connectivity index (χ0n) is 20.7. The Bertz CT molecular complexity index is 1460. The second-order valence-corrected chi connectivity index (χ2v) is 12.9. The second-order valence-electron chi connectivity index (χ2n) is 10.7. The highest BCUT2D eigenvalue weighted by Gasteiger charge is 2.87. The number of imide groups is 1. The summed E-state index contributed by atoms with van der Waals surface area (Å²) in [6.45, 7) is 6.74. The lowest BCUT2D eigenvalue weighted by molar-refractivity contribution is -0.139. The van der Waals surface area contributed by atoms with Crippen LogP contribution in [-0.4, -0.2) is 43.8 Å². The van der Waals surface area contributed by atoms with Crippen LogP contribution in [0.3, 0.4) is 0 Å². The number of nitrogens with zero attached hydrogens (tertiary/aromatic N) is 1. The molecular weight excluding hydrogens is 482 g/mol. The van der Waals surface area contributed by atoms with Crippen molar-refractivity contribution in [1.82, 2.24) is 0 Å². The van der Waals surface area contributed by atoms with Crippen LogP contribution >= 0.6 is 0 Å². The molecule has 0 bridgehead atoms. The van der Waals surface area contributed by atoms with Crippen LogP contribution in [-0.2, 0) is 34.3 Å². The fraction of sp³-hybridized carbons (Fsp3) is 0.370. The van der Waals surface area contributed by atoms with Gasteiger partial charge in [0, 0.05) is 5.41 Å². The van der Waals surface area contributed by atoms with Crippen molar-refractivity contribution in [2.75, 3.05) is 12.0 Å². The number of carbonyl (C=O) groups is 3. The average molecular weight is 510 g/mol. The first-order valence-corrected chi connectivity index (χ1v) is 13.1.